The van der Waals surface area contributed by atoms with E-state index in [9.17, 15) is 0 Å². The summed E-state index contributed by atoms with van der Waals surface area (Å²) in [6, 6.07) is 23.7. The third-order valence-electron chi connectivity index (χ3n) is 5.22. The van der Waals surface area contributed by atoms with Crippen molar-refractivity contribution >= 4 is 22.5 Å². The molecule has 1 aliphatic rings. The summed E-state index contributed by atoms with van der Waals surface area (Å²) in [6.07, 6.45) is 7.80. The third-order valence-corrected chi connectivity index (χ3v) is 5.22. The van der Waals surface area contributed by atoms with Crippen LogP contribution in [0.2, 0.25) is 0 Å². The van der Waals surface area contributed by atoms with Gasteiger partial charge in [0, 0.05) is 37.1 Å². The van der Waals surface area contributed by atoms with Gasteiger partial charge in [0.25, 0.3) is 0 Å². The zero-order valence-electron chi connectivity index (χ0n) is 18.3. The first-order valence-electron chi connectivity index (χ1n) is 10.8. The Morgan fingerprint density at radius 1 is 0.970 bits per heavy atom. The van der Waals surface area contributed by atoms with Crippen molar-refractivity contribution in [2.45, 2.75) is 6.61 Å². The van der Waals surface area contributed by atoms with Crippen LogP contribution < -0.4 is 14.8 Å². The molecule has 0 aliphatic carbocycles. The molecule has 5 rings (SSSR count). The van der Waals surface area contributed by atoms with E-state index >= 15 is 0 Å². The Labute approximate surface area is 192 Å². The molecule has 0 saturated carbocycles. The van der Waals surface area contributed by atoms with Gasteiger partial charge >= 0.3 is 0 Å². The number of likely N-dealkylation sites (N-methyl/N-ethyl adjacent to an activating group) is 1. The summed E-state index contributed by atoms with van der Waals surface area (Å²) >= 11 is 0. The SMILES string of the molecule is CN1C=CC(Oc2ccc3nc(Nc4ccc(OCc5ccccc5)cc4)ncc3c2)=CC1. The normalized spacial score (nSPS) is 13.0. The highest BCUT2D eigenvalue weighted by atomic mass is 16.5. The molecule has 6 nitrogen and oxygen atoms in total. The number of nitrogens with zero attached hydrogens (tertiary/aromatic N) is 3. The Hall–Kier alpha value is -4.32. The number of hydrogen-bond donors (Lipinski definition) is 1. The summed E-state index contributed by atoms with van der Waals surface area (Å²) in [6.45, 7) is 1.37. The van der Waals surface area contributed by atoms with Gasteiger partial charge in [-0.2, -0.15) is 0 Å². The van der Waals surface area contributed by atoms with E-state index in [4.69, 9.17) is 9.47 Å². The minimum atomic E-state index is 0.537. The first kappa shape index (κ1) is 20.6. The lowest BCUT2D eigenvalue weighted by molar-refractivity contribution is 0.306. The molecule has 0 spiro atoms. The van der Waals surface area contributed by atoms with Crippen LogP contribution >= 0.6 is 0 Å². The fourth-order valence-electron chi connectivity index (χ4n) is 3.42. The minimum Gasteiger partial charge on any atom is -0.489 e. The largest absolute Gasteiger partial charge is 0.489 e. The third kappa shape index (κ3) is 5.30. The molecular weight excluding hydrogens is 412 g/mol. The lowest BCUT2D eigenvalue weighted by Crippen LogP contribution is -2.15. The highest BCUT2D eigenvalue weighted by Crippen LogP contribution is 2.24. The van der Waals surface area contributed by atoms with E-state index in [2.05, 4.69) is 20.2 Å². The molecule has 0 saturated heterocycles. The van der Waals surface area contributed by atoms with Crippen LogP contribution in [-0.2, 0) is 6.61 Å². The number of allylic oxidation sites excluding steroid dienone is 1. The fraction of sp³-hybridized carbons (Fsp3) is 0.111. The first-order valence-corrected chi connectivity index (χ1v) is 10.8. The molecule has 1 N–H and O–H groups in total. The average molecular weight is 437 g/mol. The Bertz CT molecular complexity index is 1300. The smallest absolute Gasteiger partial charge is 0.227 e. The molecule has 0 bridgehead atoms. The van der Waals surface area contributed by atoms with Gasteiger partial charge in [-0.25, -0.2) is 9.97 Å². The van der Waals surface area contributed by atoms with Crippen LogP contribution in [0.25, 0.3) is 10.9 Å². The second kappa shape index (κ2) is 9.44. The molecule has 1 aliphatic heterocycles. The van der Waals surface area contributed by atoms with Gasteiger partial charge in [0.05, 0.1) is 5.52 Å². The van der Waals surface area contributed by atoms with Crippen molar-refractivity contribution < 1.29 is 9.47 Å². The Morgan fingerprint density at radius 3 is 2.58 bits per heavy atom. The maximum Gasteiger partial charge on any atom is 0.227 e. The van der Waals surface area contributed by atoms with E-state index in [-0.39, 0.29) is 0 Å². The van der Waals surface area contributed by atoms with Crippen LogP contribution in [0.15, 0.2) is 103 Å². The van der Waals surface area contributed by atoms with Crippen molar-refractivity contribution in [3.8, 4) is 11.5 Å². The van der Waals surface area contributed by atoms with Gasteiger partial charge in [-0.05, 0) is 60.2 Å². The zero-order chi connectivity index (χ0) is 22.5. The summed E-state index contributed by atoms with van der Waals surface area (Å²) in [4.78, 5) is 11.2. The Balaban J connectivity index is 1.22. The number of rotatable bonds is 7. The molecule has 33 heavy (non-hydrogen) atoms. The molecule has 6 heteroatoms. The van der Waals surface area contributed by atoms with E-state index in [1.165, 1.54) is 0 Å². The number of nitrogens with one attached hydrogen (secondary N) is 1. The maximum atomic E-state index is 5.96. The van der Waals surface area contributed by atoms with Crippen LogP contribution in [0.1, 0.15) is 5.56 Å². The van der Waals surface area contributed by atoms with Gasteiger partial charge in [-0.15, -0.1) is 0 Å². The van der Waals surface area contributed by atoms with Crippen molar-refractivity contribution in [3.63, 3.8) is 0 Å². The van der Waals surface area contributed by atoms with Crippen LogP contribution in [0, 0.1) is 0 Å². The summed E-state index contributed by atoms with van der Waals surface area (Å²) < 4.78 is 11.8. The van der Waals surface area contributed by atoms with Gasteiger partial charge in [-0.3, -0.25) is 0 Å². The molecule has 4 aromatic rings. The van der Waals surface area contributed by atoms with Crippen LogP contribution in [0.3, 0.4) is 0 Å². The molecule has 0 unspecified atom stereocenters. The van der Waals surface area contributed by atoms with Crippen molar-refractivity contribution in [1.29, 1.82) is 0 Å². The molecule has 0 atom stereocenters. The molecule has 2 heterocycles. The molecule has 3 aromatic carbocycles. The zero-order valence-corrected chi connectivity index (χ0v) is 18.3. The van der Waals surface area contributed by atoms with Crippen LogP contribution in [0.4, 0.5) is 11.6 Å². The maximum absolute atomic E-state index is 5.96. The van der Waals surface area contributed by atoms with Gasteiger partial charge in [0.2, 0.25) is 5.95 Å². The van der Waals surface area contributed by atoms with E-state index in [0.29, 0.717) is 12.6 Å². The van der Waals surface area contributed by atoms with Gasteiger partial charge in [-0.1, -0.05) is 30.3 Å². The molecule has 1 aromatic heterocycles. The number of aromatic nitrogens is 2. The summed E-state index contributed by atoms with van der Waals surface area (Å²) in [7, 11) is 2.02. The summed E-state index contributed by atoms with van der Waals surface area (Å²) in [5.41, 5.74) is 2.87. The lowest BCUT2D eigenvalue weighted by Gasteiger charge is -2.17. The van der Waals surface area contributed by atoms with Crippen molar-refractivity contribution in [3.05, 3.63) is 109 Å². The summed E-state index contributed by atoms with van der Waals surface area (Å²) in [5, 5.41) is 4.17. The summed E-state index contributed by atoms with van der Waals surface area (Å²) in [5.74, 6) is 2.95. The van der Waals surface area contributed by atoms with E-state index in [1.54, 1.807) is 6.20 Å². The monoisotopic (exact) mass is 436 g/mol. The molecule has 0 radical (unpaired) electrons. The molecule has 164 valence electrons. The lowest BCUT2D eigenvalue weighted by atomic mass is 10.2. The standard InChI is InChI=1S/C27H24N4O2/c1-31-15-13-24(14-16-31)33-25-11-12-26-21(17-25)18-28-27(30-26)29-22-7-9-23(10-8-22)32-19-20-5-3-2-4-6-20/h2-15,17-18H,16,19H2,1H3,(H,28,29,30). The van der Waals surface area contributed by atoms with E-state index < -0.39 is 0 Å². The first-order chi connectivity index (χ1) is 16.2. The number of fused-ring (bicyclic) bond motifs is 1. The van der Waals surface area contributed by atoms with Crippen molar-refractivity contribution in [2.75, 3.05) is 18.9 Å². The number of ether oxygens (including phenoxy) is 2. The van der Waals surface area contributed by atoms with Gasteiger partial charge in [0.15, 0.2) is 0 Å². The van der Waals surface area contributed by atoms with E-state index in [1.807, 2.05) is 98.2 Å². The predicted octanol–water partition coefficient (Wildman–Crippen LogP) is 5.67. The predicted molar refractivity (Wildman–Crippen MR) is 131 cm³/mol. The van der Waals surface area contributed by atoms with Crippen molar-refractivity contribution in [2.24, 2.45) is 0 Å². The molecular formula is C27H24N4O2. The quantitative estimate of drug-likeness (QED) is 0.403. The Kier molecular flexibility index (Phi) is 5.89. The minimum absolute atomic E-state index is 0.537. The number of anilines is 2. The van der Waals surface area contributed by atoms with Gasteiger partial charge in [0.1, 0.15) is 23.9 Å². The number of benzene rings is 3. The second-order valence-electron chi connectivity index (χ2n) is 7.80. The van der Waals surface area contributed by atoms with Crippen molar-refractivity contribution in [1.82, 2.24) is 14.9 Å². The highest BCUT2D eigenvalue weighted by molar-refractivity contribution is 5.80. The molecule has 0 fully saturated rings. The van der Waals surface area contributed by atoms with E-state index in [0.717, 1.165) is 46.0 Å². The number of hydrogen-bond acceptors (Lipinski definition) is 6. The topological polar surface area (TPSA) is 59.5 Å². The van der Waals surface area contributed by atoms with Crippen LogP contribution in [-0.4, -0.2) is 28.5 Å². The van der Waals surface area contributed by atoms with Gasteiger partial charge < -0.3 is 19.7 Å². The fourth-order valence-corrected chi connectivity index (χ4v) is 3.42. The van der Waals surface area contributed by atoms with Crippen LogP contribution in [0.5, 0.6) is 11.5 Å². The molecule has 0 amide bonds. The highest BCUT2D eigenvalue weighted by Gasteiger charge is 2.06. The average Bonchev–Trinajstić information content (AvgIpc) is 2.86. The second-order valence-corrected chi connectivity index (χ2v) is 7.80. The Morgan fingerprint density at radius 2 is 1.79 bits per heavy atom.